The molecule has 19 heavy (non-hydrogen) atoms. The highest BCUT2D eigenvalue weighted by molar-refractivity contribution is 5.13. The van der Waals surface area contributed by atoms with Crippen molar-refractivity contribution in [2.24, 2.45) is 0 Å². The van der Waals surface area contributed by atoms with Crippen LogP contribution in [0.15, 0.2) is 36.2 Å². The van der Waals surface area contributed by atoms with E-state index in [4.69, 9.17) is 0 Å². The van der Waals surface area contributed by atoms with Gasteiger partial charge in [0.2, 0.25) is 0 Å². The van der Waals surface area contributed by atoms with Crippen LogP contribution in [0.3, 0.4) is 0 Å². The Kier molecular flexibility index (Phi) is 5.11. The maximum Gasteiger partial charge on any atom is 0.0336 e. The predicted molar refractivity (Wildman–Crippen MR) is 80.1 cm³/mol. The van der Waals surface area contributed by atoms with E-state index in [9.17, 15) is 0 Å². The maximum absolute atomic E-state index is 4.22. The van der Waals surface area contributed by atoms with Gasteiger partial charge >= 0.3 is 0 Å². The minimum Gasteiger partial charge on any atom is -0.297 e. The topological polar surface area (TPSA) is 19.4 Å². The van der Waals surface area contributed by atoms with E-state index in [2.05, 4.69) is 47.7 Å². The van der Waals surface area contributed by atoms with Crippen LogP contribution in [0.1, 0.15) is 32.4 Å². The van der Waals surface area contributed by atoms with E-state index in [1.54, 1.807) is 0 Å². The fraction of sp³-hybridized carbons (Fsp3) is 0.562. The molecule has 1 atom stereocenters. The van der Waals surface area contributed by atoms with Gasteiger partial charge in [0.1, 0.15) is 0 Å². The molecule has 0 spiro atoms. The molecule has 1 aliphatic heterocycles. The summed E-state index contributed by atoms with van der Waals surface area (Å²) >= 11 is 0. The molecule has 0 aromatic carbocycles. The molecule has 0 radical (unpaired) electrons. The zero-order chi connectivity index (χ0) is 13.7. The molecule has 1 aromatic rings. The molecule has 2 heterocycles. The Balaban J connectivity index is 1.85. The Hall–Kier alpha value is -1.19. The summed E-state index contributed by atoms with van der Waals surface area (Å²) in [6, 6.07) is 4.67. The molecule has 0 N–H and O–H groups in total. The van der Waals surface area contributed by atoms with Crippen LogP contribution in [0, 0.1) is 0 Å². The standard InChI is InChI=1S/C16H25N3/c1-14(2)6-8-18-9-11-19(12-10-18)15(3)16-5-4-7-17-13-16/h4-7,13,15H,8-12H2,1-3H3. The monoisotopic (exact) mass is 259 g/mol. The molecule has 0 saturated carbocycles. The summed E-state index contributed by atoms with van der Waals surface area (Å²) in [4.78, 5) is 9.30. The van der Waals surface area contributed by atoms with E-state index in [0.717, 1.165) is 32.7 Å². The lowest BCUT2D eigenvalue weighted by Gasteiger charge is -2.37. The molecular weight excluding hydrogens is 234 g/mol. The van der Waals surface area contributed by atoms with Gasteiger partial charge in [-0.25, -0.2) is 0 Å². The third-order valence-electron chi connectivity index (χ3n) is 3.88. The lowest BCUT2D eigenvalue weighted by atomic mass is 10.1. The van der Waals surface area contributed by atoms with Crippen LogP contribution in [0.4, 0.5) is 0 Å². The van der Waals surface area contributed by atoms with Crippen molar-refractivity contribution in [3.05, 3.63) is 41.7 Å². The highest BCUT2D eigenvalue weighted by Crippen LogP contribution is 2.20. The number of hydrogen-bond acceptors (Lipinski definition) is 3. The van der Waals surface area contributed by atoms with Gasteiger partial charge < -0.3 is 0 Å². The first-order chi connectivity index (χ1) is 9.16. The molecule has 0 aliphatic carbocycles. The van der Waals surface area contributed by atoms with Crippen LogP contribution in [-0.2, 0) is 0 Å². The second-order valence-corrected chi connectivity index (χ2v) is 5.58. The van der Waals surface area contributed by atoms with Crippen molar-refractivity contribution in [1.29, 1.82) is 0 Å². The minimum absolute atomic E-state index is 0.472. The molecule has 2 rings (SSSR count). The van der Waals surface area contributed by atoms with Crippen molar-refractivity contribution in [3.8, 4) is 0 Å². The van der Waals surface area contributed by atoms with E-state index in [0.29, 0.717) is 6.04 Å². The third kappa shape index (κ3) is 4.15. The summed E-state index contributed by atoms with van der Waals surface area (Å²) in [5.74, 6) is 0. The van der Waals surface area contributed by atoms with Crippen molar-refractivity contribution in [2.45, 2.75) is 26.8 Å². The van der Waals surface area contributed by atoms with Gasteiger partial charge in [-0.1, -0.05) is 17.7 Å². The molecule has 1 aliphatic rings. The predicted octanol–water partition coefficient (Wildman–Crippen LogP) is 2.73. The zero-order valence-corrected chi connectivity index (χ0v) is 12.3. The van der Waals surface area contributed by atoms with Crippen molar-refractivity contribution >= 4 is 0 Å². The molecular formula is C16H25N3. The summed E-state index contributed by atoms with van der Waals surface area (Å²) in [5.41, 5.74) is 2.73. The smallest absolute Gasteiger partial charge is 0.0336 e. The van der Waals surface area contributed by atoms with Gasteiger partial charge in [-0.3, -0.25) is 14.8 Å². The fourth-order valence-electron chi connectivity index (χ4n) is 2.48. The number of hydrogen-bond donors (Lipinski definition) is 0. The lowest BCUT2D eigenvalue weighted by Crippen LogP contribution is -2.47. The van der Waals surface area contributed by atoms with E-state index >= 15 is 0 Å². The van der Waals surface area contributed by atoms with E-state index in [1.165, 1.54) is 11.1 Å². The molecule has 1 aromatic heterocycles. The van der Waals surface area contributed by atoms with E-state index < -0.39 is 0 Å². The Labute approximate surface area is 116 Å². The summed E-state index contributed by atoms with van der Waals surface area (Å²) in [6.45, 7) is 12.3. The van der Waals surface area contributed by atoms with Crippen LogP contribution in [0.5, 0.6) is 0 Å². The normalized spacial score (nSPS) is 19.1. The van der Waals surface area contributed by atoms with Crippen LogP contribution in [0.25, 0.3) is 0 Å². The largest absolute Gasteiger partial charge is 0.297 e. The Morgan fingerprint density at radius 1 is 1.32 bits per heavy atom. The quantitative estimate of drug-likeness (QED) is 0.775. The second-order valence-electron chi connectivity index (χ2n) is 5.58. The van der Waals surface area contributed by atoms with Gasteiger partial charge in [0.05, 0.1) is 0 Å². The Bertz CT molecular complexity index is 401. The average molecular weight is 259 g/mol. The van der Waals surface area contributed by atoms with Gasteiger partial charge in [-0.05, 0) is 32.4 Å². The molecule has 3 nitrogen and oxygen atoms in total. The highest BCUT2D eigenvalue weighted by atomic mass is 15.3. The van der Waals surface area contributed by atoms with Crippen LogP contribution >= 0.6 is 0 Å². The summed E-state index contributed by atoms with van der Waals surface area (Å²) < 4.78 is 0. The van der Waals surface area contributed by atoms with Gasteiger partial charge in [-0.2, -0.15) is 0 Å². The Morgan fingerprint density at radius 2 is 2.05 bits per heavy atom. The van der Waals surface area contributed by atoms with Crippen LogP contribution in [-0.4, -0.2) is 47.5 Å². The minimum atomic E-state index is 0.472. The van der Waals surface area contributed by atoms with Gasteiger partial charge in [0.15, 0.2) is 0 Å². The number of pyridine rings is 1. The zero-order valence-electron chi connectivity index (χ0n) is 12.3. The van der Waals surface area contributed by atoms with Crippen molar-refractivity contribution in [3.63, 3.8) is 0 Å². The number of nitrogens with zero attached hydrogens (tertiary/aromatic N) is 3. The van der Waals surface area contributed by atoms with Crippen LogP contribution in [0.2, 0.25) is 0 Å². The molecule has 104 valence electrons. The number of aromatic nitrogens is 1. The van der Waals surface area contributed by atoms with Gasteiger partial charge in [-0.15, -0.1) is 0 Å². The molecule has 0 bridgehead atoms. The van der Waals surface area contributed by atoms with Crippen molar-refractivity contribution < 1.29 is 0 Å². The SMILES string of the molecule is CC(C)=CCN1CCN(C(C)c2cccnc2)CC1. The average Bonchev–Trinajstić information content (AvgIpc) is 2.46. The molecule has 1 fully saturated rings. The molecule has 1 unspecified atom stereocenters. The summed E-state index contributed by atoms with van der Waals surface area (Å²) in [6.07, 6.45) is 6.15. The highest BCUT2D eigenvalue weighted by Gasteiger charge is 2.21. The fourth-order valence-corrected chi connectivity index (χ4v) is 2.48. The van der Waals surface area contributed by atoms with E-state index in [1.807, 2.05) is 18.5 Å². The molecule has 0 amide bonds. The third-order valence-corrected chi connectivity index (χ3v) is 3.88. The maximum atomic E-state index is 4.22. The number of allylic oxidation sites excluding steroid dienone is 1. The number of piperazine rings is 1. The van der Waals surface area contributed by atoms with Crippen molar-refractivity contribution in [1.82, 2.24) is 14.8 Å². The second kappa shape index (κ2) is 6.83. The first-order valence-corrected chi connectivity index (χ1v) is 7.16. The van der Waals surface area contributed by atoms with Crippen LogP contribution < -0.4 is 0 Å². The first kappa shape index (κ1) is 14.2. The molecule has 3 heteroatoms. The number of rotatable bonds is 4. The van der Waals surface area contributed by atoms with Gasteiger partial charge in [0, 0.05) is 51.2 Å². The first-order valence-electron chi connectivity index (χ1n) is 7.16. The van der Waals surface area contributed by atoms with Crippen molar-refractivity contribution in [2.75, 3.05) is 32.7 Å². The molecule has 1 saturated heterocycles. The summed E-state index contributed by atoms with van der Waals surface area (Å²) in [5, 5.41) is 0. The Morgan fingerprint density at radius 3 is 2.63 bits per heavy atom. The van der Waals surface area contributed by atoms with Gasteiger partial charge in [0.25, 0.3) is 0 Å². The summed E-state index contributed by atoms with van der Waals surface area (Å²) in [7, 11) is 0. The van der Waals surface area contributed by atoms with E-state index in [-0.39, 0.29) is 0 Å². The lowest BCUT2D eigenvalue weighted by molar-refractivity contribution is 0.110.